The van der Waals surface area contributed by atoms with Crippen molar-refractivity contribution < 1.29 is 19.1 Å². The minimum atomic E-state index is -1.20. The van der Waals surface area contributed by atoms with Crippen LogP contribution < -0.4 is 5.32 Å². The molecule has 6 heteroatoms. The lowest BCUT2D eigenvalue weighted by atomic mass is 10.1. The molecule has 1 amide bonds. The number of hydrogen-bond acceptors (Lipinski definition) is 3. The molecule has 0 aliphatic carbocycles. The summed E-state index contributed by atoms with van der Waals surface area (Å²) in [6.07, 6.45) is 0. The molecule has 2 N–H and O–H groups in total. The van der Waals surface area contributed by atoms with Gasteiger partial charge in [-0.25, -0.2) is 4.79 Å². The van der Waals surface area contributed by atoms with Crippen molar-refractivity contribution in [2.24, 2.45) is 0 Å². The fraction of sp³-hybridized carbons (Fsp3) is 0.143. The molecule has 0 atom stereocenters. The van der Waals surface area contributed by atoms with Crippen LogP contribution >= 0.6 is 11.6 Å². The van der Waals surface area contributed by atoms with Crippen molar-refractivity contribution in [2.75, 3.05) is 5.32 Å². The van der Waals surface area contributed by atoms with Crippen molar-refractivity contribution in [3.63, 3.8) is 0 Å². The number of carboxylic acid groups (broad SMARTS) is 1. The monoisotopic (exact) mass is 293 g/mol. The average molecular weight is 294 g/mol. The first-order valence-electron chi connectivity index (χ1n) is 5.80. The highest BCUT2D eigenvalue weighted by Crippen LogP contribution is 2.25. The summed E-state index contributed by atoms with van der Waals surface area (Å²) in [5.74, 6) is -0.564. The molecule has 2 rings (SSSR count). The van der Waals surface area contributed by atoms with E-state index >= 15 is 0 Å². The molecule has 1 heterocycles. The van der Waals surface area contributed by atoms with Crippen LogP contribution in [0.2, 0.25) is 5.02 Å². The highest BCUT2D eigenvalue weighted by molar-refractivity contribution is 6.34. The van der Waals surface area contributed by atoms with Crippen LogP contribution in [0.15, 0.2) is 28.7 Å². The summed E-state index contributed by atoms with van der Waals surface area (Å²) in [6, 6.07) is 6.09. The highest BCUT2D eigenvalue weighted by Gasteiger charge is 2.19. The third-order valence-electron chi connectivity index (χ3n) is 2.76. The Bertz CT molecular complexity index is 690. The molecule has 0 spiro atoms. The second-order valence-electron chi connectivity index (χ2n) is 4.25. The number of hydrogen-bond donors (Lipinski definition) is 2. The summed E-state index contributed by atoms with van der Waals surface area (Å²) in [5, 5.41) is 11.7. The molecule has 0 saturated heterocycles. The third-order valence-corrected chi connectivity index (χ3v) is 3.08. The quantitative estimate of drug-likeness (QED) is 0.907. The SMILES string of the molecule is Cc1cc(C(=O)Nc2cccc(Cl)c2C(=O)O)c(C)o1. The van der Waals surface area contributed by atoms with Gasteiger partial charge >= 0.3 is 5.97 Å². The lowest BCUT2D eigenvalue weighted by Gasteiger charge is -2.09. The maximum atomic E-state index is 12.1. The van der Waals surface area contributed by atoms with E-state index in [9.17, 15) is 9.59 Å². The maximum absolute atomic E-state index is 12.1. The Morgan fingerprint density at radius 2 is 2.00 bits per heavy atom. The van der Waals surface area contributed by atoms with Gasteiger partial charge in [0, 0.05) is 0 Å². The lowest BCUT2D eigenvalue weighted by Crippen LogP contribution is -2.15. The van der Waals surface area contributed by atoms with Crippen LogP contribution in [0.1, 0.15) is 32.2 Å². The van der Waals surface area contributed by atoms with E-state index in [2.05, 4.69) is 5.32 Å². The van der Waals surface area contributed by atoms with Gasteiger partial charge in [0.05, 0.1) is 16.3 Å². The van der Waals surface area contributed by atoms with E-state index in [1.54, 1.807) is 26.0 Å². The molecular formula is C14H12ClNO4. The van der Waals surface area contributed by atoms with Crippen molar-refractivity contribution in [3.8, 4) is 0 Å². The molecule has 0 unspecified atom stereocenters. The second kappa shape index (κ2) is 5.38. The standard InChI is InChI=1S/C14H12ClNO4/c1-7-6-9(8(2)20-7)13(17)16-11-5-3-4-10(15)12(11)14(18)19/h3-6H,1-2H3,(H,16,17)(H,18,19). The molecular weight excluding hydrogens is 282 g/mol. The number of benzene rings is 1. The van der Waals surface area contributed by atoms with Crippen molar-refractivity contribution in [1.82, 2.24) is 0 Å². The van der Waals surface area contributed by atoms with Crippen molar-refractivity contribution in [3.05, 3.63) is 51.9 Å². The van der Waals surface area contributed by atoms with Gasteiger partial charge in [-0.15, -0.1) is 0 Å². The van der Waals surface area contributed by atoms with Gasteiger partial charge in [0.2, 0.25) is 0 Å². The minimum Gasteiger partial charge on any atom is -0.478 e. The number of carboxylic acids is 1. The van der Waals surface area contributed by atoms with E-state index in [1.807, 2.05) is 0 Å². The summed E-state index contributed by atoms with van der Waals surface area (Å²) in [5.41, 5.74) is 0.368. The number of anilines is 1. The normalized spacial score (nSPS) is 10.3. The van der Waals surface area contributed by atoms with Gasteiger partial charge in [-0.2, -0.15) is 0 Å². The van der Waals surface area contributed by atoms with Gasteiger partial charge in [-0.3, -0.25) is 4.79 Å². The van der Waals surface area contributed by atoms with Crippen LogP contribution in [0.4, 0.5) is 5.69 Å². The van der Waals surface area contributed by atoms with Crippen molar-refractivity contribution >= 4 is 29.2 Å². The molecule has 0 bridgehead atoms. The number of amides is 1. The molecule has 1 aromatic heterocycles. The Morgan fingerprint density at radius 3 is 2.55 bits per heavy atom. The van der Waals surface area contributed by atoms with Crippen LogP contribution in [-0.2, 0) is 0 Å². The largest absolute Gasteiger partial charge is 0.478 e. The predicted molar refractivity (Wildman–Crippen MR) is 74.5 cm³/mol. The lowest BCUT2D eigenvalue weighted by molar-refractivity contribution is 0.0698. The molecule has 1 aromatic carbocycles. The Morgan fingerprint density at radius 1 is 1.30 bits per heavy atom. The number of halogens is 1. The number of aryl methyl sites for hydroxylation is 2. The molecule has 104 valence electrons. The molecule has 0 aliphatic heterocycles. The smallest absolute Gasteiger partial charge is 0.339 e. The topological polar surface area (TPSA) is 79.5 Å². The van der Waals surface area contributed by atoms with E-state index in [1.165, 1.54) is 12.1 Å². The Labute approximate surface area is 120 Å². The summed E-state index contributed by atoms with van der Waals surface area (Å²) in [7, 11) is 0. The summed E-state index contributed by atoms with van der Waals surface area (Å²) >= 11 is 5.84. The van der Waals surface area contributed by atoms with Crippen LogP contribution in [0, 0.1) is 13.8 Å². The number of carbonyl (C=O) groups excluding carboxylic acids is 1. The summed E-state index contributed by atoms with van der Waals surface area (Å²) < 4.78 is 5.27. The van der Waals surface area contributed by atoms with E-state index < -0.39 is 11.9 Å². The molecule has 2 aromatic rings. The van der Waals surface area contributed by atoms with Crippen LogP contribution in [-0.4, -0.2) is 17.0 Å². The number of rotatable bonds is 3. The summed E-state index contributed by atoms with van der Waals surface area (Å²) in [6.45, 7) is 3.39. The Hall–Kier alpha value is -2.27. The van der Waals surface area contributed by atoms with E-state index in [0.29, 0.717) is 17.1 Å². The van der Waals surface area contributed by atoms with E-state index in [-0.39, 0.29) is 16.3 Å². The highest BCUT2D eigenvalue weighted by atomic mass is 35.5. The molecule has 5 nitrogen and oxygen atoms in total. The fourth-order valence-corrected chi connectivity index (χ4v) is 2.15. The van der Waals surface area contributed by atoms with Gasteiger partial charge in [-0.05, 0) is 32.0 Å². The van der Waals surface area contributed by atoms with Crippen LogP contribution in [0.5, 0.6) is 0 Å². The fourth-order valence-electron chi connectivity index (χ4n) is 1.89. The number of furan rings is 1. The molecule has 20 heavy (non-hydrogen) atoms. The molecule has 0 radical (unpaired) electrons. The average Bonchev–Trinajstić information content (AvgIpc) is 2.68. The Kier molecular flexibility index (Phi) is 3.81. The zero-order valence-corrected chi connectivity index (χ0v) is 11.6. The van der Waals surface area contributed by atoms with E-state index in [4.69, 9.17) is 21.1 Å². The molecule has 0 saturated carbocycles. The second-order valence-corrected chi connectivity index (χ2v) is 4.66. The minimum absolute atomic E-state index is 0.0652. The van der Waals surface area contributed by atoms with Gasteiger partial charge in [0.25, 0.3) is 5.91 Å². The molecule has 0 fully saturated rings. The predicted octanol–water partition coefficient (Wildman–Crippen LogP) is 3.50. The number of aromatic carboxylic acids is 1. The van der Waals surface area contributed by atoms with Crippen molar-refractivity contribution in [2.45, 2.75) is 13.8 Å². The number of nitrogens with one attached hydrogen (secondary N) is 1. The first-order chi connectivity index (χ1) is 9.40. The van der Waals surface area contributed by atoms with E-state index in [0.717, 1.165) is 0 Å². The van der Waals surface area contributed by atoms with Crippen LogP contribution in [0.3, 0.4) is 0 Å². The van der Waals surface area contributed by atoms with Crippen molar-refractivity contribution in [1.29, 1.82) is 0 Å². The van der Waals surface area contributed by atoms with Crippen LogP contribution in [0.25, 0.3) is 0 Å². The van der Waals surface area contributed by atoms with Gasteiger partial charge in [0.15, 0.2) is 0 Å². The molecule has 0 aliphatic rings. The first-order valence-corrected chi connectivity index (χ1v) is 6.18. The van der Waals surface area contributed by atoms with Gasteiger partial charge in [-0.1, -0.05) is 17.7 Å². The van der Waals surface area contributed by atoms with Gasteiger partial charge < -0.3 is 14.8 Å². The third kappa shape index (κ3) is 2.67. The zero-order valence-electron chi connectivity index (χ0n) is 10.9. The summed E-state index contributed by atoms with van der Waals surface area (Å²) in [4.78, 5) is 23.3. The van der Waals surface area contributed by atoms with Gasteiger partial charge in [0.1, 0.15) is 17.1 Å². The maximum Gasteiger partial charge on any atom is 0.339 e. The zero-order chi connectivity index (χ0) is 14.9. The first kappa shape index (κ1) is 14.1. The Balaban J connectivity index is 2.36. The number of carbonyl (C=O) groups is 2.